The Morgan fingerprint density at radius 1 is 1.27 bits per heavy atom. The number of fused-ring (bicyclic) bond motifs is 1. The molecule has 0 radical (unpaired) electrons. The predicted molar refractivity (Wildman–Crippen MR) is 100 cm³/mol. The zero-order valence-corrected chi connectivity index (χ0v) is 15.9. The lowest BCUT2D eigenvalue weighted by Gasteiger charge is -2.33. The van der Waals surface area contributed by atoms with Gasteiger partial charge in [-0.05, 0) is 18.6 Å². The zero-order valence-electron chi connectivity index (χ0n) is 15.0. The number of aromatic nitrogens is 2. The molecule has 142 valence electrons. The van der Waals surface area contributed by atoms with E-state index in [1.54, 1.807) is 13.1 Å². The SMILES string of the molecule is CCS(=O)(=O)NC[C@@H]1CN(CCOCc2ccccc2)Cc2ccnn21. The van der Waals surface area contributed by atoms with E-state index in [0.717, 1.165) is 30.9 Å². The normalized spacial score (nSPS) is 18.0. The molecule has 0 spiro atoms. The van der Waals surface area contributed by atoms with Gasteiger partial charge in [-0.3, -0.25) is 9.58 Å². The Morgan fingerprint density at radius 2 is 2.08 bits per heavy atom. The van der Waals surface area contributed by atoms with E-state index in [4.69, 9.17) is 4.74 Å². The smallest absolute Gasteiger partial charge is 0.211 e. The van der Waals surface area contributed by atoms with Crippen LogP contribution in [0.3, 0.4) is 0 Å². The molecule has 7 nitrogen and oxygen atoms in total. The third-order valence-corrected chi connectivity index (χ3v) is 5.90. The summed E-state index contributed by atoms with van der Waals surface area (Å²) in [6.07, 6.45) is 1.77. The fourth-order valence-electron chi connectivity index (χ4n) is 3.07. The molecule has 2 aromatic rings. The Labute approximate surface area is 155 Å². The lowest BCUT2D eigenvalue weighted by Crippen LogP contribution is -2.44. The highest BCUT2D eigenvalue weighted by atomic mass is 32.2. The molecule has 1 atom stereocenters. The summed E-state index contributed by atoms with van der Waals surface area (Å²) in [5.74, 6) is 0.0860. The Hall–Kier alpha value is -1.74. The first kappa shape index (κ1) is 19.0. The Morgan fingerprint density at radius 3 is 2.85 bits per heavy atom. The van der Waals surface area contributed by atoms with Crippen molar-refractivity contribution in [2.45, 2.75) is 26.1 Å². The molecule has 0 unspecified atom stereocenters. The van der Waals surface area contributed by atoms with Gasteiger partial charge in [0, 0.05) is 32.4 Å². The first-order valence-electron chi connectivity index (χ1n) is 8.91. The van der Waals surface area contributed by atoms with E-state index < -0.39 is 10.0 Å². The minimum Gasteiger partial charge on any atom is -0.375 e. The van der Waals surface area contributed by atoms with Crippen molar-refractivity contribution in [2.24, 2.45) is 0 Å². The topological polar surface area (TPSA) is 76.5 Å². The maximum absolute atomic E-state index is 11.7. The average Bonchev–Trinajstić information content (AvgIpc) is 3.13. The summed E-state index contributed by atoms with van der Waals surface area (Å²) >= 11 is 0. The second-order valence-corrected chi connectivity index (χ2v) is 8.54. The van der Waals surface area contributed by atoms with Gasteiger partial charge in [0.2, 0.25) is 10.0 Å². The van der Waals surface area contributed by atoms with Crippen LogP contribution in [0, 0.1) is 0 Å². The van der Waals surface area contributed by atoms with Crippen molar-refractivity contribution in [3.8, 4) is 0 Å². The van der Waals surface area contributed by atoms with Crippen LogP contribution in [-0.2, 0) is 27.9 Å². The maximum Gasteiger partial charge on any atom is 0.211 e. The lowest BCUT2D eigenvalue weighted by molar-refractivity contribution is 0.0758. The fourth-order valence-corrected chi connectivity index (χ4v) is 3.72. The minimum absolute atomic E-state index is 0.0100. The molecule has 0 saturated carbocycles. The highest BCUT2D eigenvalue weighted by molar-refractivity contribution is 7.89. The van der Waals surface area contributed by atoms with E-state index >= 15 is 0 Å². The first-order valence-corrected chi connectivity index (χ1v) is 10.6. The van der Waals surface area contributed by atoms with E-state index in [1.807, 2.05) is 28.9 Å². The third kappa shape index (κ3) is 5.14. The van der Waals surface area contributed by atoms with Crippen LogP contribution in [0.25, 0.3) is 0 Å². The van der Waals surface area contributed by atoms with Gasteiger partial charge in [0.05, 0.1) is 30.7 Å². The molecular formula is C18H26N4O3S. The number of ether oxygens (including phenoxy) is 1. The molecule has 0 aliphatic carbocycles. The van der Waals surface area contributed by atoms with Gasteiger partial charge in [0.15, 0.2) is 0 Å². The van der Waals surface area contributed by atoms with Crippen molar-refractivity contribution in [2.75, 3.05) is 32.0 Å². The summed E-state index contributed by atoms with van der Waals surface area (Å²) in [4.78, 5) is 2.28. The summed E-state index contributed by atoms with van der Waals surface area (Å²) < 4.78 is 33.9. The standard InChI is InChI=1S/C18H26N4O3S/c1-2-26(23,24)20-12-18-14-21(13-17-8-9-19-22(17)18)10-11-25-15-16-6-4-3-5-7-16/h3-9,18,20H,2,10-15H2,1H3/t18-/m1/s1. The number of nitrogens with zero attached hydrogens (tertiary/aromatic N) is 3. The fraction of sp³-hybridized carbons (Fsp3) is 0.500. The monoisotopic (exact) mass is 378 g/mol. The maximum atomic E-state index is 11.7. The van der Waals surface area contributed by atoms with E-state index in [2.05, 4.69) is 26.9 Å². The quantitative estimate of drug-likeness (QED) is 0.668. The molecule has 3 rings (SSSR count). The molecule has 1 N–H and O–H groups in total. The highest BCUT2D eigenvalue weighted by Gasteiger charge is 2.26. The van der Waals surface area contributed by atoms with Crippen LogP contribution in [0.1, 0.15) is 24.2 Å². The number of sulfonamides is 1. The molecule has 0 amide bonds. The van der Waals surface area contributed by atoms with Gasteiger partial charge in [-0.2, -0.15) is 5.10 Å². The van der Waals surface area contributed by atoms with E-state index in [0.29, 0.717) is 19.8 Å². The summed E-state index contributed by atoms with van der Waals surface area (Å²) in [7, 11) is -3.21. The molecule has 1 aliphatic rings. The summed E-state index contributed by atoms with van der Waals surface area (Å²) in [6, 6.07) is 12.1. The Balaban J connectivity index is 1.51. The van der Waals surface area contributed by atoms with Crippen molar-refractivity contribution in [3.05, 3.63) is 53.9 Å². The van der Waals surface area contributed by atoms with Gasteiger partial charge >= 0.3 is 0 Å². The van der Waals surface area contributed by atoms with Crippen LogP contribution in [0.4, 0.5) is 0 Å². The number of rotatable bonds is 9. The number of benzene rings is 1. The highest BCUT2D eigenvalue weighted by Crippen LogP contribution is 2.19. The molecule has 0 bridgehead atoms. The van der Waals surface area contributed by atoms with Gasteiger partial charge < -0.3 is 4.74 Å². The Bertz CT molecular complexity index is 792. The van der Waals surface area contributed by atoms with Gasteiger partial charge in [0.25, 0.3) is 0 Å². The zero-order chi connectivity index (χ0) is 18.4. The van der Waals surface area contributed by atoms with Crippen molar-refractivity contribution < 1.29 is 13.2 Å². The van der Waals surface area contributed by atoms with Crippen LogP contribution in [0.5, 0.6) is 0 Å². The van der Waals surface area contributed by atoms with Crippen molar-refractivity contribution in [1.82, 2.24) is 19.4 Å². The van der Waals surface area contributed by atoms with Crippen molar-refractivity contribution in [3.63, 3.8) is 0 Å². The molecule has 0 fully saturated rings. The first-order chi connectivity index (χ1) is 12.6. The Kier molecular flexibility index (Phi) is 6.42. The molecule has 0 saturated heterocycles. The van der Waals surface area contributed by atoms with Gasteiger partial charge in [-0.25, -0.2) is 13.1 Å². The van der Waals surface area contributed by atoms with Crippen LogP contribution < -0.4 is 4.72 Å². The van der Waals surface area contributed by atoms with E-state index in [1.165, 1.54) is 0 Å². The molecular weight excluding hydrogens is 352 g/mol. The molecule has 1 aliphatic heterocycles. The molecule has 1 aromatic carbocycles. The van der Waals surface area contributed by atoms with Gasteiger partial charge in [0.1, 0.15) is 0 Å². The summed E-state index contributed by atoms with van der Waals surface area (Å²) in [5, 5.41) is 4.36. The second-order valence-electron chi connectivity index (χ2n) is 6.45. The van der Waals surface area contributed by atoms with Crippen LogP contribution in [-0.4, -0.2) is 55.1 Å². The number of hydrogen-bond donors (Lipinski definition) is 1. The molecule has 2 heterocycles. The minimum atomic E-state index is -3.21. The van der Waals surface area contributed by atoms with Gasteiger partial charge in [-0.15, -0.1) is 0 Å². The average molecular weight is 378 g/mol. The van der Waals surface area contributed by atoms with Crippen molar-refractivity contribution >= 4 is 10.0 Å². The van der Waals surface area contributed by atoms with Crippen LogP contribution in [0.2, 0.25) is 0 Å². The van der Waals surface area contributed by atoms with E-state index in [-0.39, 0.29) is 11.8 Å². The van der Waals surface area contributed by atoms with Crippen LogP contribution in [0.15, 0.2) is 42.6 Å². The number of hydrogen-bond acceptors (Lipinski definition) is 5. The van der Waals surface area contributed by atoms with Crippen molar-refractivity contribution in [1.29, 1.82) is 0 Å². The molecule has 26 heavy (non-hydrogen) atoms. The molecule has 8 heteroatoms. The second kappa shape index (κ2) is 8.77. The third-order valence-electron chi connectivity index (χ3n) is 4.54. The predicted octanol–water partition coefficient (Wildman–Crippen LogP) is 1.40. The van der Waals surface area contributed by atoms with Crippen LogP contribution >= 0.6 is 0 Å². The number of nitrogens with one attached hydrogen (secondary N) is 1. The lowest BCUT2D eigenvalue weighted by atomic mass is 10.2. The van der Waals surface area contributed by atoms with Gasteiger partial charge in [-0.1, -0.05) is 30.3 Å². The summed E-state index contributed by atoms with van der Waals surface area (Å²) in [5.41, 5.74) is 2.26. The van der Waals surface area contributed by atoms with E-state index in [9.17, 15) is 8.42 Å². The summed E-state index contributed by atoms with van der Waals surface area (Å²) in [6.45, 7) is 5.57. The largest absolute Gasteiger partial charge is 0.375 e. The molecule has 1 aromatic heterocycles.